The van der Waals surface area contributed by atoms with Crippen molar-refractivity contribution >= 4 is 0 Å². The van der Waals surface area contributed by atoms with Crippen LogP contribution in [0, 0.1) is 0 Å². The Morgan fingerprint density at radius 1 is 1.29 bits per heavy atom. The predicted octanol–water partition coefficient (Wildman–Crippen LogP) is 3.00. The molecule has 0 aromatic heterocycles. The summed E-state index contributed by atoms with van der Waals surface area (Å²) in [6.45, 7) is 2.14. The van der Waals surface area contributed by atoms with Gasteiger partial charge < -0.3 is 5.11 Å². The summed E-state index contributed by atoms with van der Waals surface area (Å²) in [6.07, 6.45) is 4.80. The maximum Gasteiger partial charge on any atom is 0.0795 e. The molecule has 1 aromatic rings. The maximum absolute atomic E-state index is 9.96. The van der Waals surface area contributed by atoms with Crippen molar-refractivity contribution in [1.82, 2.24) is 0 Å². The van der Waals surface area contributed by atoms with Crippen molar-refractivity contribution in [3.05, 3.63) is 47.0 Å². The SMILES string of the molecule is C/C1=C/Cc2ccccc2[C@@H](O)CC1. The maximum atomic E-state index is 9.96. The Morgan fingerprint density at radius 3 is 2.93 bits per heavy atom. The van der Waals surface area contributed by atoms with Gasteiger partial charge in [-0.05, 0) is 37.3 Å². The molecule has 1 N–H and O–H groups in total. The fourth-order valence-electron chi connectivity index (χ4n) is 1.95. The van der Waals surface area contributed by atoms with E-state index in [1.165, 1.54) is 11.1 Å². The highest BCUT2D eigenvalue weighted by atomic mass is 16.3. The Morgan fingerprint density at radius 2 is 2.07 bits per heavy atom. The summed E-state index contributed by atoms with van der Waals surface area (Å²) in [7, 11) is 0. The van der Waals surface area contributed by atoms with E-state index in [9.17, 15) is 5.11 Å². The molecule has 1 aliphatic carbocycles. The molecule has 1 heteroatoms. The van der Waals surface area contributed by atoms with Gasteiger partial charge >= 0.3 is 0 Å². The molecular formula is C13H16O. The molecule has 74 valence electrons. The number of aliphatic hydroxyl groups excluding tert-OH is 1. The van der Waals surface area contributed by atoms with Crippen LogP contribution in [0.1, 0.15) is 37.0 Å². The van der Waals surface area contributed by atoms with Gasteiger partial charge in [-0.2, -0.15) is 0 Å². The van der Waals surface area contributed by atoms with E-state index in [1.54, 1.807) is 0 Å². The van der Waals surface area contributed by atoms with Crippen LogP contribution in [0.2, 0.25) is 0 Å². The van der Waals surface area contributed by atoms with Gasteiger partial charge in [0.05, 0.1) is 6.10 Å². The number of hydrogen-bond donors (Lipinski definition) is 1. The molecule has 0 unspecified atom stereocenters. The van der Waals surface area contributed by atoms with Crippen LogP contribution in [0.25, 0.3) is 0 Å². The molecule has 0 saturated carbocycles. The quantitative estimate of drug-likeness (QED) is 0.620. The summed E-state index contributed by atoms with van der Waals surface area (Å²) < 4.78 is 0. The molecule has 1 aromatic carbocycles. The van der Waals surface area contributed by atoms with E-state index in [1.807, 2.05) is 18.2 Å². The lowest BCUT2D eigenvalue weighted by Gasteiger charge is -2.17. The van der Waals surface area contributed by atoms with Gasteiger partial charge in [0.2, 0.25) is 0 Å². The van der Waals surface area contributed by atoms with Gasteiger partial charge in [0.15, 0.2) is 0 Å². The van der Waals surface area contributed by atoms with E-state index >= 15 is 0 Å². The van der Waals surface area contributed by atoms with Gasteiger partial charge in [-0.3, -0.25) is 0 Å². The van der Waals surface area contributed by atoms with Crippen molar-refractivity contribution in [2.24, 2.45) is 0 Å². The zero-order chi connectivity index (χ0) is 9.97. The number of rotatable bonds is 0. The number of aliphatic hydroxyl groups is 1. The Balaban J connectivity index is 2.38. The van der Waals surface area contributed by atoms with Crippen LogP contribution in [0.3, 0.4) is 0 Å². The molecule has 14 heavy (non-hydrogen) atoms. The number of fused-ring (bicyclic) bond motifs is 1. The highest BCUT2D eigenvalue weighted by Gasteiger charge is 2.13. The molecule has 0 heterocycles. The lowest BCUT2D eigenvalue weighted by Crippen LogP contribution is -2.04. The lowest BCUT2D eigenvalue weighted by molar-refractivity contribution is 0.166. The van der Waals surface area contributed by atoms with E-state index in [0.717, 1.165) is 24.8 Å². The molecule has 0 radical (unpaired) electrons. The average molecular weight is 188 g/mol. The summed E-state index contributed by atoms with van der Waals surface area (Å²) in [4.78, 5) is 0. The normalized spacial score (nSPS) is 25.6. The van der Waals surface area contributed by atoms with Gasteiger partial charge in [-0.1, -0.05) is 35.9 Å². The lowest BCUT2D eigenvalue weighted by atomic mass is 9.92. The highest BCUT2D eigenvalue weighted by Crippen LogP contribution is 2.27. The zero-order valence-corrected chi connectivity index (χ0v) is 8.53. The highest BCUT2D eigenvalue weighted by molar-refractivity contribution is 5.32. The van der Waals surface area contributed by atoms with Crippen LogP contribution in [-0.4, -0.2) is 5.11 Å². The Hall–Kier alpha value is -1.08. The van der Waals surface area contributed by atoms with Gasteiger partial charge in [-0.15, -0.1) is 0 Å². The van der Waals surface area contributed by atoms with Gasteiger partial charge in [0.25, 0.3) is 0 Å². The summed E-state index contributed by atoms with van der Waals surface area (Å²) in [5.74, 6) is 0. The summed E-state index contributed by atoms with van der Waals surface area (Å²) in [5.41, 5.74) is 3.76. The van der Waals surface area contributed by atoms with E-state index in [4.69, 9.17) is 0 Å². The third-order valence-corrected chi connectivity index (χ3v) is 2.90. The van der Waals surface area contributed by atoms with Crippen LogP contribution in [-0.2, 0) is 6.42 Å². The molecule has 0 bridgehead atoms. The van der Waals surface area contributed by atoms with Crippen LogP contribution in [0.5, 0.6) is 0 Å². The van der Waals surface area contributed by atoms with Crippen LogP contribution >= 0.6 is 0 Å². The Labute approximate surface area is 85.1 Å². The fourth-order valence-corrected chi connectivity index (χ4v) is 1.95. The second kappa shape index (κ2) is 3.97. The Bertz CT molecular complexity index is 352. The van der Waals surface area contributed by atoms with Crippen molar-refractivity contribution in [1.29, 1.82) is 0 Å². The predicted molar refractivity (Wildman–Crippen MR) is 58.1 cm³/mol. The first-order chi connectivity index (χ1) is 6.77. The van der Waals surface area contributed by atoms with Crippen molar-refractivity contribution < 1.29 is 5.11 Å². The molecular weight excluding hydrogens is 172 g/mol. The molecule has 0 fully saturated rings. The van der Waals surface area contributed by atoms with Gasteiger partial charge in [0, 0.05) is 0 Å². The first kappa shape index (κ1) is 9.47. The Kier molecular flexibility index (Phi) is 2.69. The summed E-state index contributed by atoms with van der Waals surface area (Å²) >= 11 is 0. The molecule has 1 aliphatic rings. The standard InChI is InChI=1S/C13H16O/c1-10-6-8-11-4-2-3-5-12(11)13(14)9-7-10/h2-6,13-14H,7-9H2,1H3/b10-6-/t13-/m0/s1. The van der Waals surface area contributed by atoms with Crippen molar-refractivity contribution in [3.63, 3.8) is 0 Å². The molecule has 1 nitrogen and oxygen atoms in total. The second-order valence-electron chi connectivity index (χ2n) is 4.01. The fraction of sp³-hybridized carbons (Fsp3) is 0.385. The minimum atomic E-state index is -0.283. The molecule has 0 amide bonds. The van der Waals surface area contributed by atoms with E-state index in [-0.39, 0.29) is 6.10 Å². The third-order valence-electron chi connectivity index (χ3n) is 2.90. The monoisotopic (exact) mass is 188 g/mol. The van der Waals surface area contributed by atoms with Crippen molar-refractivity contribution in [2.75, 3.05) is 0 Å². The third kappa shape index (κ3) is 1.88. The minimum absolute atomic E-state index is 0.283. The van der Waals surface area contributed by atoms with Crippen LogP contribution < -0.4 is 0 Å². The largest absolute Gasteiger partial charge is 0.388 e. The summed E-state index contributed by atoms with van der Waals surface area (Å²) in [6, 6.07) is 8.18. The molecule has 0 aliphatic heterocycles. The van der Waals surface area contributed by atoms with Gasteiger partial charge in [-0.25, -0.2) is 0 Å². The number of hydrogen-bond acceptors (Lipinski definition) is 1. The average Bonchev–Trinajstić information content (AvgIpc) is 2.21. The molecule has 1 atom stereocenters. The van der Waals surface area contributed by atoms with Crippen LogP contribution in [0.4, 0.5) is 0 Å². The summed E-state index contributed by atoms with van der Waals surface area (Å²) in [5, 5.41) is 9.96. The van der Waals surface area contributed by atoms with Crippen LogP contribution in [0.15, 0.2) is 35.9 Å². The second-order valence-corrected chi connectivity index (χ2v) is 4.01. The van der Waals surface area contributed by atoms with E-state index in [0.29, 0.717) is 0 Å². The minimum Gasteiger partial charge on any atom is -0.388 e. The number of allylic oxidation sites excluding steroid dienone is 2. The number of benzene rings is 1. The van der Waals surface area contributed by atoms with Crippen molar-refractivity contribution in [3.8, 4) is 0 Å². The van der Waals surface area contributed by atoms with E-state index in [2.05, 4.69) is 19.1 Å². The topological polar surface area (TPSA) is 20.2 Å². The first-order valence-electron chi connectivity index (χ1n) is 5.19. The first-order valence-corrected chi connectivity index (χ1v) is 5.19. The van der Waals surface area contributed by atoms with Crippen molar-refractivity contribution in [2.45, 2.75) is 32.3 Å². The molecule has 0 spiro atoms. The smallest absolute Gasteiger partial charge is 0.0795 e. The van der Waals surface area contributed by atoms with E-state index < -0.39 is 0 Å². The van der Waals surface area contributed by atoms with Gasteiger partial charge in [0.1, 0.15) is 0 Å². The molecule has 2 rings (SSSR count). The molecule has 0 saturated heterocycles. The zero-order valence-electron chi connectivity index (χ0n) is 8.53.